The van der Waals surface area contributed by atoms with Gasteiger partial charge < -0.3 is 0 Å². The second kappa shape index (κ2) is 7.27. The van der Waals surface area contributed by atoms with Crippen molar-refractivity contribution in [2.75, 3.05) is 0 Å². The highest BCUT2D eigenvalue weighted by atomic mass is 14.3. The summed E-state index contributed by atoms with van der Waals surface area (Å²) >= 11 is 0. The van der Waals surface area contributed by atoms with Gasteiger partial charge in [0, 0.05) is 0 Å². The van der Waals surface area contributed by atoms with Gasteiger partial charge in [-0.25, -0.2) is 0 Å². The van der Waals surface area contributed by atoms with E-state index in [1.54, 1.807) is 11.1 Å². The van der Waals surface area contributed by atoms with Crippen molar-refractivity contribution in [3.63, 3.8) is 0 Å². The van der Waals surface area contributed by atoms with E-state index in [1.165, 1.54) is 59.6 Å². The van der Waals surface area contributed by atoms with Crippen LogP contribution < -0.4 is 0 Å². The Morgan fingerprint density at radius 1 is 0.720 bits per heavy atom. The van der Waals surface area contributed by atoms with Crippen LogP contribution in [-0.2, 0) is 6.42 Å². The number of hydrogen-bond acceptors (Lipinski definition) is 0. The Labute approximate surface area is 151 Å². The first kappa shape index (κ1) is 16.1. The van der Waals surface area contributed by atoms with E-state index in [2.05, 4.69) is 73.7 Å². The van der Waals surface area contributed by atoms with E-state index < -0.39 is 0 Å². The van der Waals surface area contributed by atoms with Crippen molar-refractivity contribution in [3.8, 4) is 0 Å². The number of benzene rings is 3. The van der Waals surface area contributed by atoms with Gasteiger partial charge in [0.1, 0.15) is 0 Å². The molecule has 0 nitrogen and oxygen atoms in total. The van der Waals surface area contributed by atoms with Crippen molar-refractivity contribution in [2.24, 2.45) is 0 Å². The molecule has 0 heteroatoms. The molecule has 0 aromatic heterocycles. The zero-order valence-electron chi connectivity index (χ0n) is 15.1. The highest BCUT2D eigenvalue weighted by molar-refractivity contribution is 6.04. The molecule has 0 amide bonds. The minimum atomic E-state index is 1.08. The average molecular weight is 326 g/mol. The molecule has 1 aliphatic carbocycles. The minimum absolute atomic E-state index is 1.08. The van der Waals surface area contributed by atoms with Crippen LogP contribution in [0.15, 0.2) is 66.7 Å². The first-order valence-corrected chi connectivity index (χ1v) is 9.67. The molecular weight excluding hydrogens is 300 g/mol. The van der Waals surface area contributed by atoms with Gasteiger partial charge in [0.25, 0.3) is 0 Å². The van der Waals surface area contributed by atoms with Gasteiger partial charge in [-0.05, 0) is 57.9 Å². The van der Waals surface area contributed by atoms with E-state index in [9.17, 15) is 0 Å². The molecule has 0 N–H and O–H groups in total. The lowest BCUT2D eigenvalue weighted by molar-refractivity contribution is 0.679. The lowest BCUT2D eigenvalue weighted by atomic mass is 9.92. The van der Waals surface area contributed by atoms with E-state index in [0.29, 0.717) is 0 Å². The maximum absolute atomic E-state index is 2.32. The van der Waals surface area contributed by atoms with Gasteiger partial charge in [-0.2, -0.15) is 0 Å². The van der Waals surface area contributed by atoms with Gasteiger partial charge in [-0.3, -0.25) is 0 Å². The van der Waals surface area contributed by atoms with Crippen LogP contribution >= 0.6 is 0 Å². The molecule has 3 aromatic rings. The summed E-state index contributed by atoms with van der Waals surface area (Å²) in [6.45, 7) is 2.28. The molecule has 126 valence electrons. The highest BCUT2D eigenvalue weighted by Gasteiger charge is 2.22. The lowest BCUT2D eigenvalue weighted by Crippen LogP contribution is -1.90. The van der Waals surface area contributed by atoms with Gasteiger partial charge in [-0.1, -0.05) is 92.9 Å². The molecule has 0 saturated carbocycles. The molecule has 1 aliphatic rings. The first-order chi connectivity index (χ1) is 12.4. The van der Waals surface area contributed by atoms with Crippen LogP contribution in [0.4, 0.5) is 0 Å². The van der Waals surface area contributed by atoms with Crippen molar-refractivity contribution < 1.29 is 0 Å². The molecule has 0 unspecified atom stereocenters. The van der Waals surface area contributed by atoms with Gasteiger partial charge >= 0.3 is 0 Å². The molecule has 4 rings (SSSR count). The number of allylic oxidation sites excluding steroid dienone is 2. The molecule has 0 radical (unpaired) electrons. The summed E-state index contributed by atoms with van der Waals surface area (Å²) in [4.78, 5) is 0. The number of hydrogen-bond donors (Lipinski definition) is 0. The molecule has 0 atom stereocenters. The van der Waals surface area contributed by atoms with E-state index in [-0.39, 0.29) is 0 Å². The van der Waals surface area contributed by atoms with E-state index in [0.717, 1.165) is 6.42 Å². The fraction of sp³-hybridized carbons (Fsp3) is 0.280. The highest BCUT2D eigenvalue weighted by Crippen LogP contribution is 2.42. The SMILES string of the molecule is CCCCCCC1=C(c2cccc3ccccc23)Cc2ccccc21. The summed E-state index contributed by atoms with van der Waals surface area (Å²) in [6, 6.07) is 24.5. The maximum Gasteiger partial charge on any atom is -0.00106 e. The predicted molar refractivity (Wildman–Crippen MR) is 110 cm³/mol. The topological polar surface area (TPSA) is 0 Å². The Hall–Kier alpha value is -2.34. The van der Waals surface area contributed by atoms with Crippen LogP contribution in [0.25, 0.3) is 21.9 Å². The molecule has 0 bridgehead atoms. The molecule has 0 aliphatic heterocycles. The summed E-state index contributed by atoms with van der Waals surface area (Å²) in [5, 5.41) is 2.73. The summed E-state index contributed by atoms with van der Waals surface area (Å²) in [5.74, 6) is 0. The minimum Gasteiger partial charge on any atom is -0.0654 e. The van der Waals surface area contributed by atoms with E-state index in [1.807, 2.05) is 0 Å². The van der Waals surface area contributed by atoms with Gasteiger partial charge in [0.2, 0.25) is 0 Å². The second-order valence-electron chi connectivity index (χ2n) is 7.13. The predicted octanol–water partition coefficient (Wildman–Crippen LogP) is 7.28. The Kier molecular flexibility index (Phi) is 4.70. The van der Waals surface area contributed by atoms with Crippen molar-refractivity contribution >= 4 is 21.9 Å². The van der Waals surface area contributed by atoms with Crippen LogP contribution in [0, 0.1) is 0 Å². The summed E-state index contributed by atoms with van der Waals surface area (Å²) < 4.78 is 0. The number of fused-ring (bicyclic) bond motifs is 2. The molecule has 0 heterocycles. The van der Waals surface area contributed by atoms with Crippen molar-refractivity contribution in [2.45, 2.75) is 45.4 Å². The normalized spacial score (nSPS) is 13.5. The lowest BCUT2D eigenvalue weighted by Gasteiger charge is -2.12. The molecular formula is C25H26. The van der Waals surface area contributed by atoms with Crippen LogP contribution in [0.2, 0.25) is 0 Å². The summed E-state index contributed by atoms with van der Waals surface area (Å²) in [5.41, 5.74) is 7.55. The fourth-order valence-corrected chi connectivity index (χ4v) is 4.19. The van der Waals surface area contributed by atoms with Crippen LogP contribution in [0.5, 0.6) is 0 Å². The van der Waals surface area contributed by atoms with Gasteiger partial charge in [0.05, 0.1) is 0 Å². The summed E-state index contributed by atoms with van der Waals surface area (Å²) in [6.07, 6.45) is 7.56. The first-order valence-electron chi connectivity index (χ1n) is 9.67. The molecule has 25 heavy (non-hydrogen) atoms. The van der Waals surface area contributed by atoms with Crippen molar-refractivity contribution in [1.82, 2.24) is 0 Å². The van der Waals surface area contributed by atoms with Crippen LogP contribution in [-0.4, -0.2) is 0 Å². The fourth-order valence-electron chi connectivity index (χ4n) is 4.19. The zero-order chi connectivity index (χ0) is 17.1. The molecule has 0 saturated heterocycles. The monoisotopic (exact) mass is 326 g/mol. The third-order valence-corrected chi connectivity index (χ3v) is 5.47. The third-order valence-electron chi connectivity index (χ3n) is 5.47. The molecule has 0 fully saturated rings. The largest absolute Gasteiger partial charge is 0.0654 e. The van der Waals surface area contributed by atoms with Gasteiger partial charge in [-0.15, -0.1) is 0 Å². The van der Waals surface area contributed by atoms with E-state index >= 15 is 0 Å². The summed E-state index contributed by atoms with van der Waals surface area (Å²) in [7, 11) is 0. The zero-order valence-corrected chi connectivity index (χ0v) is 15.1. The Balaban J connectivity index is 1.79. The Bertz CT molecular complexity index is 909. The number of unbranched alkanes of at least 4 members (excludes halogenated alkanes) is 3. The molecule has 3 aromatic carbocycles. The third kappa shape index (κ3) is 3.14. The van der Waals surface area contributed by atoms with Crippen molar-refractivity contribution in [1.29, 1.82) is 0 Å². The smallest absolute Gasteiger partial charge is 0.00106 e. The molecule has 0 spiro atoms. The van der Waals surface area contributed by atoms with E-state index in [4.69, 9.17) is 0 Å². The van der Waals surface area contributed by atoms with Crippen molar-refractivity contribution in [3.05, 3.63) is 83.4 Å². The van der Waals surface area contributed by atoms with Crippen LogP contribution in [0.3, 0.4) is 0 Å². The standard InChI is InChI=1S/C25H26/c1-2-3-4-5-16-23-22-15-9-7-12-20(22)18-25(23)24-17-10-13-19-11-6-8-14-21(19)24/h6-15,17H,2-5,16,18H2,1H3. The quantitative estimate of drug-likeness (QED) is 0.418. The second-order valence-corrected chi connectivity index (χ2v) is 7.13. The van der Waals surface area contributed by atoms with Crippen LogP contribution in [0.1, 0.15) is 55.7 Å². The Morgan fingerprint density at radius 2 is 1.48 bits per heavy atom. The van der Waals surface area contributed by atoms with Gasteiger partial charge in [0.15, 0.2) is 0 Å². The number of rotatable bonds is 6. The average Bonchev–Trinajstić information content (AvgIpc) is 3.03. The maximum atomic E-state index is 2.32. The Morgan fingerprint density at radius 3 is 2.40 bits per heavy atom.